The van der Waals surface area contributed by atoms with E-state index in [9.17, 15) is 9.59 Å². The van der Waals surface area contributed by atoms with Crippen LogP contribution in [-0.2, 0) is 4.79 Å². The number of carbonyl (C=O) groups excluding carboxylic acids is 2. The molecule has 0 saturated carbocycles. The Kier molecular flexibility index (Phi) is 6.98. The number of benzene rings is 1. The van der Waals surface area contributed by atoms with Crippen molar-refractivity contribution in [2.24, 2.45) is 0 Å². The highest BCUT2D eigenvalue weighted by atomic mass is 35.5. The Hall–Kier alpha value is -1.34. The van der Waals surface area contributed by atoms with Crippen molar-refractivity contribution < 1.29 is 9.59 Å². The molecule has 1 aromatic rings. The zero-order valence-electron chi connectivity index (χ0n) is 15.6. The van der Waals surface area contributed by atoms with E-state index in [1.54, 1.807) is 12.1 Å². The van der Waals surface area contributed by atoms with Crippen molar-refractivity contribution in [1.29, 1.82) is 0 Å². The minimum absolute atomic E-state index is 0.0239. The SMILES string of the molecule is CN1CCCC(N2CCN(C(=O)CNC(=O)c3ccc(Cl)cc3Cl)CC2)C1. The fourth-order valence-electron chi connectivity index (χ4n) is 3.81. The molecule has 0 radical (unpaired) electrons. The lowest BCUT2D eigenvalue weighted by molar-refractivity contribution is -0.132. The minimum Gasteiger partial charge on any atom is -0.343 e. The molecule has 0 spiro atoms. The second-order valence-corrected chi connectivity index (χ2v) is 8.13. The zero-order chi connectivity index (χ0) is 19.4. The standard InChI is InChI=1S/C19H26Cl2N4O2/c1-23-6-2-3-15(13-23)24-7-9-25(10-8-24)18(26)12-22-19(27)16-5-4-14(20)11-17(16)21/h4-5,11,15H,2-3,6-10,12-13H2,1H3,(H,22,27). The molecule has 2 amide bonds. The Morgan fingerprint density at radius 2 is 1.89 bits per heavy atom. The Balaban J connectivity index is 1.45. The normalized spacial score (nSPS) is 21.9. The van der Waals surface area contributed by atoms with E-state index in [1.807, 2.05) is 4.90 Å². The second kappa shape index (κ2) is 9.24. The van der Waals surface area contributed by atoms with Crippen molar-refractivity contribution in [3.8, 4) is 0 Å². The van der Waals surface area contributed by atoms with E-state index < -0.39 is 0 Å². The van der Waals surface area contributed by atoms with E-state index in [0.717, 1.165) is 19.6 Å². The molecule has 1 aromatic carbocycles. The first-order valence-corrected chi connectivity index (χ1v) is 10.1. The smallest absolute Gasteiger partial charge is 0.253 e. The summed E-state index contributed by atoms with van der Waals surface area (Å²) < 4.78 is 0. The maximum Gasteiger partial charge on any atom is 0.253 e. The number of likely N-dealkylation sites (tertiary alicyclic amines) is 1. The molecular weight excluding hydrogens is 387 g/mol. The first-order chi connectivity index (χ1) is 12.9. The molecule has 0 aromatic heterocycles. The number of amides is 2. The van der Waals surface area contributed by atoms with E-state index in [-0.39, 0.29) is 23.4 Å². The van der Waals surface area contributed by atoms with Crippen LogP contribution in [0, 0.1) is 0 Å². The lowest BCUT2D eigenvalue weighted by Crippen LogP contribution is -2.56. The molecule has 1 N–H and O–H groups in total. The van der Waals surface area contributed by atoms with Crippen LogP contribution in [0.1, 0.15) is 23.2 Å². The van der Waals surface area contributed by atoms with Gasteiger partial charge in [-0.1, -0.05) is 23.2 Å². The van der Waals surface area contributed by atoms with E-state index in [0.29, 0.717) is 29.7 Å². The predicted octanol–water partition coefficient (Wildman–Crippen LogP) is 1.96. The van der Waals surface area contributed by atoms with Gasteiger partial charge < -0.3 is 15.1 Å². The van der Waals surface area contributed by atoms with Crippen LogP contribution in [-0.4, -0.2) is 85.4 Å². The van der Waals surface area contributed by atoms with Gasteiger partial charge in [-0.15, -0.1) is 0 Å². The van der Waals surface area contributed by atoms with E-state index >= 15 is 0 Å². The molecule has 27 heavy (non-hydrogen) atoms. The number of rotatable bonds is 4. The van der Waals surface area contributed by atoms with Crippen molar-refractivity contribution in [2.45, 2.75) is 18.9 Å². The third-order valence-electron chi connectivity index (χ3n) is 5.36. The molecule has 2 saturated heterocycles. The van der Waals surface area contributed by atoms with Gasteiger partial charge in [-0.05, 0) is 44.6 Å². The monoisotopic (exact) mass is 412 g/mol. The van der Waals surface area contributed by atoms with Crippen LogP contribution in [0.15, 0.2) is 18.2 Å². The van der Waals surface area contributed by atoms with Crippen LogP contribution in [0.3, 0.4) is 0 Å². The third-order valence-corrected chi connectivity index (χ3v) is 5.91. The molecule has 1 atom stereocenters. The molecule has 1 unspecified atom stereocenters. The maximum atomic E-state index is 12.4. The summed E-state index contributed by atoms with van der Waals surface area (Å²) >= 11 is 11.9. The van der Waals surface area contributed by atoms with Crippen molar-refractivity contribution in [1.82, 2.24) is 20.0 Å². The van der Waals surface area contributed by atoms with Gasteiger partial charge in [0.2, 0.25) is 5.91 Å². The van der Waals surface area contributed by atoms with Crippen LogP contribution in [0.2, 0.25) is 10.0 Å². The predicted molar refractivity (Wildman–Crippen MR) is 107 cm³/mol. The average molecular weight is 413 g/mol. The molecule has 3 rings (SSSR count). The summed E-state index contributed by atoms with van der Waals surface area (Å²) in [6.45, 7) is 5.44. The first kappa shape index (κ1) is 20.4. The molecule has 2 aliphatic heterocycles. The van der Waals surface area contributed by atoms with E-state index in [1.165, 1.54) is 25.5 Å². The minimum atomic E-state index is -0.367. The highest BCUT2D eigenvalue weighted by molar-refractivity contribution is 6.36. The summed E-state index contributed by atoms with van der Waals surface area (Å²) in [6.07, 6.45) is 2.47. The molecule has 148 valence electrons. The molecular formula is C19H26Cl2N4O2. The van der Waals surface area contributed by atoms with Gasteiger partial charge in [0.1, 0.15) is 0 Å². The fraction of sp³-hybridized carbons (Fsp3) is 0.579. The number of nitrogens with one attached hydrogen (secondary N) is 1. The van der Waals surface area contributed by atoms with Gasteiger partial charge in [0.15, 0.2) is 0 Å². The van der Waals surface area contributed by atoms with Crippen LogP contribution in [0.4, 0.5) is 0 Å². The molecule has 0 aliphatic carbocycles. The van der Waals surface area contributed by atoms with Crippen molar-refractivity contribution >= 4 is 35.0 Å². The van der Waals surface area contributed by atoms with Crippen LogP contribution in [0.25, 0.3) is 0 Å². The number of piperidine rings is 1. The summed E-state index contributed by atoms with van der Waals surface area (Å²) in [5.74, 6) is -0.428. The Labute approximate surface area is 170 Å². The summed E-state index contributed by atoms with van der Waals surface area (Å²) in [5.41, 5.74) is 0.320. The Bertz CT molecular complexity index is 692. The largest absolute Gasteiger partial charge is 0.343 e. The summed E-state index contributed by atoms with van der Waals surface area (Å²) in [4.78, 5) is 31.4. The molecule has 2 fully saturated rings. The highest BCUT2D eigenvalue weighted by Crippen LogP contribution is 2.21. The molecule has 2 aliphatic rings. The number of nitrogens with zero attached hydrogens (tertiary/aromatic N) is 3. The maximum absolute atomic E-state index is 12.4. The van der Waals surface area contributed by atoms with Crippen molar-refractivity contribution in [3.63, 3.8) is 0 Å². The van der Waals surface area contributed by atoms with Gasteiger partial charge in [0.05, 0.1) is 17.1 Å². The summed E-state index contributed by atoms with van der Waals surface area (Å²) in [5, 5.41) is 3.40. The Morgan fingerprint density at radius 3 is 2.56 bits per heavy atom. The second-order valence-electron chi connectivity index (χ2n) is 7.28. The number of likely N-dealkylation sites (N-methyl/N-ethyl adjacent to an activating group) is 1. The van der Waals surface area contributed by atoms with Gasteiger partial charge in [0.25, 0.3) is 5.91 Å². The van der Waals surface area contributed by atoms with Gasteiger partial charge >= 0.3 is 0 Å². The van der Waals surface area contributed by atoms with Gasteiger partial charge in [-0.2, -0.15) is 0 Å². The molecule has 8 heteroatoms. The quantitative estimate of drug-likeness (QED) is 0.820. The van der Waals surface area contributed by atoms with Crippen LogP contribution >= 0.6 is 23.2 Å². The van der Waals surface area contributed by atoms with Crippen molar-refractivity contribution in [3.05, 3.63) is 33.8 Å². The van der Waals surface area contributed by atoms with E-state index in [2.05, 4.69) is 22.2 Å². The number of hydrogen-bond donors (Lipinski definition) is 1. The van der Waals surface area contributed by atoms with Crippen LogP contribution in [0.5, 0.6) is 0 Å². The van der Waals surface area contributed by atoms with Gasteiger partial charge in [0, 0.05) is 43.8 Å². The number of carbonyl (C=O) groups is 2. The van der Waals surface area contributed by atoms with Crippen LogP contribution < -0.4 is 5.32 Å². The molecule has 6 nitrogen and oxygen atoms in total. The topological polar surface area (TPSA) is 55.9 Å². The zero-order valence-corrected chi connectivity index (χ0v) is 17.1. The Morgan fingerprint density at radius 1 is 1.15 bits per heavy atom. The highest BCUT2D eigenvalue weighted by Gasteiger charge is 2.28. The van der Waals surface area contributed by atoms with Crippen molar-refractivity contribution in [2.75, 3.05) is 52.9 Å². The van der Waals surface area contributed by atoms with Gasteiger partial charge in [-0.25, -0.2) is 0 Å². The summed E-state index contributed by atoms with van der Waals surface area (Å²) in [6, 6.07) is 5.27. The third kappa shape index (κ3) is 5.35. The van der Waals surface area contributed by atoms with E-state index in [4.69, 9.17) is 23.2 Å². The lowest BCUT2D eigenvalue weighted by atomic mass is 10.0. The molecule has 2 heterocycles. The number of piperazine rings is 1. The number of hydrogen-bond acceptors (Lipinski definition) is 4. The lowest BCUT2D eigenvalue weighted by Gasteiger charge is -2.42. The molecule has 0 bridgehead atoms. The number of halogens is 2. The first-order valence-electron chi connectivity index (χ1n) is 9.37. The van der Waals surface area contributed by atoms with Gasteiger partial charge in [-0.3, -0.25) is 14.5 Å². The fourth-order valence-corrected chi connectivity index (χ4v) is 4.30. The summed E-state index contributed by atoms with van der Waals surface area (Å²) in [7, 11) is 2.17. The average Bonchev–Trinajstić information content (AvgIpc) is 2.66.